The van der Waals surface area contributed by atoms with Crippen molar-refractivity contribution in [3.63, 3.8) is 0 Å². The van der Waals surface area contributed by atoms with Gasteiger partial charge in [-0.3, -0.25) is 0 Å². The highest BCUT2D eigenvalue weighted by atomic mass is 32.1. The molecule has 1 saturated heterocycles. The Morgan fingerprint density at radius 2 is 1.03 bits per heavy atom. The van der Waals surface area contributed by atoms with Crippen LogP contribution in [-0.4, -0.2) is 96.8 Å². The first-order chi connectivity index (χ1) is 17.5. The van der Waals surface area contributed by atoms with Crippen LogP contribution in [0.2, 0.25) is 0 Å². The molecule has 1 aliphatic heterocycles. The minimum absolute atomic E-state index is 0.133. The molecule has 38 heavy (non-hydrogen) atoms. The summed E-state index contributed by atoms with van der Waals surface area (Å²) in [5.74, 6) is 0. The van der Waals surface area contributed by atoms with Crippen LogP contribution < -0.4 is 60.1 Å². The Hall–Kier alpha value is -1.49. The van der Waals surface area contributed by atoms with Crippen molar-refractivity contribution in [3.05, 3.63) is 6.07 Å². The fraction of sp³-hybridized carbons (Fsp3) is 0.250. The standard InChI is InChI=1S/C24H13B11O2S/c1-23(2)24(3,4)37-35(36-23)20-7(26)5-6(25)8(15(20)30)9-12(27)16(31)13(28)10-11-14(29)17(32)18(33)19(34)22(11)38-21(9)10/h5H,1-4H3. The molecule has 2 heterocycles. The zero-order valence-electron chi connectivity index (χ0n) is 21.7. The van der Waals surface area contributed by atoms with Gasteiger partial charge >= 0.3 is 7.12 Å². The van der Waals surface area contributed by atoms with E-state index in [0.29, 0.717) is 42.2 Å². The number of fused-ring (bicyclic) bond motifs is 3. The van der Waals surface area contributed by atoms with Gasteiger partial charge in [0.1, 0.15) is 78.5 Å². The third-order valence-electron chi connectivity index (χ3n) is 7.85. The molecule has 1 fully saturated rings. The second-order valence-corrected chi connectivity index (χ2v) is 11.6. The van der Waals surface area contributed by atoms with Crippen LogP contribution in [0.25, 0.3) is 31.3 Å². The summed E-state index contributed by atoms with van der Waals surface area (Å²) in [5.41, 5.74) is 2.23. The monoisotopic (exact) mass is 486 g/mol. The molecule has 0 amide bonds. The van der Waals surface area contributed by atoms with Gasteiger partial charge in [-0.1, -0.05) is 44.3 Å². The molecule has 160 valence electrons. The minimum atomic E-state index is -0.851. The maximum atomic E-state index is 6.79. The first kappa shape index (κ1) is 28.1. The van der Waals surface area contributed by atoms with E-state index < -0.39 is 18.3 Å². The second kappa shape index (κ2) is 9.01. The average Bonchev–Trinajstić information content (AvgIpc) is 3.30. The SMILES string of the molecule is [B]c1cc([B])c(-c2c([B])c([B])c([B])c3c2sc2c([B])c([B])c([B])c([B])c23)c([B])c1B1OC(C)(C)C(C)(C)O1. The summed E-state index contributed by atoms with van der Waals surface area (Å²) in [5, 5.41) is 1.05. The molecule has 0 bridgehead atoms. The van der Waals surface area contributed by atoms with Crippen molar-refractivity contribution in [2.45, 2.75) is 38.9 Å². The third-order valence-corrected chi connectivity index (χ3v) is 9.09. The lowest BCUT2D eigenvalue weighted by Crippen LogP contribution is -2.55. The maximum absolute atomic E-state index is 6.79. The van der Waals surface area contributed by atoms with Crippen molar-refractivity contribution in [2.24, 2.45) is 0 Å². The van der Waals surface area contributed by atoms with E-state index >= 15 is 0 Å². The van der Waals surface area contributed by atoms with Crippen LogP contribution in [0, 0.1) is 0 Å². The van der Waals surface area contributed by atoms with E-state index in [4.69, 9.17) is 87.8 Å². The highest BCUT2D eigenvalue weighted by Crippen LogP contribution is 2.37. The summed E-state index contributed by atoms with van der Waals surface area (Å²) >= 11 is 1.28. The van der Waals surface area contributed by atoms with Crippen LogP contribution in [0.1, 0.15) is 27.7 Å². The predicted octanol–water partition coefficient (Wildman–Crippen LogP) is -6.04. The summed E-state index contributed by atoms with van der Waals surface area (Å²) in [7, 11) is 63.4. The second-order valence-electron chi connectivity index (χ2n) is 10.6. The van der Waals surface area contributed by atoms with E-state index in [1.54, 1.807) is 6.07 Å². The third kappa shape index (κ3) is 3.76. The fourth-order valence-electron chi connectivity index (χ4n) is 4.91. The van der Waals surface area contributed by atoms with Gasteiger partial charge in [0.05, 0.1) is 11.2 Å². The quantitative estimate of drug-likeness (QED) is 0.264. The molecule has 2 nitrogen and oxygen atoms in total. The van der Waals surface area contributed by atoms with E-state index in [9.17, 15) is 0 Å². The van der Waals surface area contributed by atoms with E-state index in [2.05, 4.69) is 0 Å². The molecule has 14 heteroatoms. The normalized spacial score (nSPS) is 16.6. The highest BCUT2D eigenvalue weighted by Gasteiger charge is 2.52. The van der Waals surface area contributed by atoms with Crippen LogP contribution in [0.4, 0.5) is 0 Å². The van der Waals surface area contributed by atoms with E-state index in [-0.39, 0.29) is 49.2 Å². The van der Waals surface area contributed by atoms with Gasteiger partial charge in [-0.15, -0.1) is 27.7 Å². The zero-order chi connectivity index (χ0) is 28.2. The molecule has 0 saturated carbocycles. The Bertz CT molecular complexity index is 1680. The number of hydrogen-bond donors (Lipinski definition) is 0. The van der Waals surface area contributed by atoms with Crippen LogP contribution in [0.3, 0.4) is 0 Å². The van der Waals surface area contributed by atoms with Crippen LogP contribution in [0.15, 0.2) is 6.07 Å². The molecule has 3 aromatic carbocycles. The molecule has 1 aromatic heterocycles. The van der Waals surface area contributed by atoms with Crippen LogP contribution in [-0.2, 0) is 9.31 Å². The van der Waals surface area contributed by atoms with Crippen molar-refractivity contribution in [1.82, 2.24) is 0 Å². The lowest BCUT2D eigenvalue weighted by molar-refractivity contribution is 0.00578. The summed E-state index contributed by atoms with van der Waals surface area (Å²) in [6.07, 6.45) is 0. The van der Waals surface area contributed by atoms with Gasteiger partial charge in [0.2, 0.25) is 0 Å². The summed E-state index contributed by atoms with van der Waals surface area (Å²) in [4.78, 5) is 0. The van der Waals surface area contributed by atoms with E-state index in [1.165, 1.54) is 11.3 Å². The Morgan fingerprint density at radius 1 is 0.553 bits per heavy atom. The van der Waals surface area contributed by atoms with Gasteiger partial charge in [-0.2, -0.15) is 0 Å². The first-order valence-corrected chi connectivity index (χ1v) is 12.6. The maximum Gasteiger partial charge on any atom is 0.493 e. The lowest BCUT2D eigenvalue weighted by Gasteiger charge is -2.32. The van der Waals surface area contributed by atoms with Crippen LogP contribution >= 0.6 is 11.3 Å². The largest absolute Gasteiger partial charge is 0.493 e. The molecule has 0 spiro atoms. The molecular formula is C24H13B11O2S. The van der Waals surface area contributed by atoms with E-state index in [0.717, 1.165) is 0 Å². The summed E-state index contributed by atoms with van der Waals surface area (Å²) < 4.78 is 13.7. The number of benzene rings is 3. The molecule has 0 unspecified atom stereocenters. The van der Waals surface area contributed by atoms with Crippen molar-refractivity contribution >= 4 is 177 Å². The van der Waals surface area contributed by atoms with Crippen LogP contribution in [0.5, 0.6) is 0 Å². The van der Waals surface area contributed by atoms with Crippen molar-refractivity contribution in [3.8, 4) is 11.1 Å². The topological polar surface area (TPSA) is 18.5 Å². The molecular weight excluding hydrogens is 471 g/mol. The number of rotatable bonds is 2. The molecule has 5 rings (SSSR count). The van der Waals surface area contributed by atoms with Gasteiger partial charge in [0.25, 0.3) is 0 Å². The van der Waals surface area contributed by atoms with Gasteiger partial charge < -0.3 is 9.31 Å². The minimum Gasteiger partial charge on any atom is -0.399 e. The number of thiophene rings is 1. The van der Waals surface area contributed by atoms with E-state index in [1.807, 2.05) is 27.7 Å². The predicted molar refractivity (Wildman–Crippen MR) is 174 cm³/mol. The average molecular weight is 484 g/mol. The van der Waals surface area contributed by atoms with Crippen molar-refractivity contribution in [1.29, 1.82) is 0 Å². The smallest absolute Gasteiger partial charge is 0.399 e. The Balaban J connectivity index is 1.91. The fourth-order valence-corrected chi connectivity index (χ4v) is 6.28. The Morgan fingerprint density at radius 3 is 1.58 bits per heavy atom. The van der Waals surface area contributed by atoms with Gasteiger partial charge in [0.15, 0.2) is 0 Å². The Kier molecular flexibility index (Phi) is 6.65. The van der Waals surface area contributed by atoms with Crippen molar-refractivity contribution in [2.75, 3.05) is 0 Å². The van der Waals surface area contributed by atoms with Crippen molar-refractivity contribution < 1.29 is 9.31 Å². The molecule has 0 atom stereocenters. The Labute approximate surface area is 241 Å². The molecule has 0 aliphatic carbocycles. The number of hydrogen-bond acceptors (Lipinski definition) is 3. The highest BCUT2D eigenvalue weighted by molar-refractivity contribution is 7.28. The lowest BCUT2D eigenvalue weighted by atomic mass is 9.58. The zero-order valence-corrected chi connectivity index (χ0v) is 22.5. The molecule has 4 aromatic rings. The van der Waals surface area contributed by atoms with Gasteiger partial charge in [-0.05, 0) is 55.1 Å². The summed E-state index contributed by atoms with van der Waals surface area (Å²) in [6, 6.07) is 1.59. The molecule has 20 radical (unpaired) electrons. The molecule has 0 N–H and O–H groups in total. The van der Waals surface area contributed by atoms with Gasteiger partial charge in [-0.25, -0.2) is 0 Å². The summed E-state index contributed by atoms with van der Waals surface area (Å²) in [6.45, 7) is 7.73. The first-order valence-electron chi connectivity index (χ1n) is 11.8. The molecule has 1 aliphatic rings. The van der Waals surface area contributed by atoms with Gasteiger partial charge in [0, 0.05) is 9.40 Å².